The van der Waals surface area contributed by atoms with E-state index in [1.54, 1.807) is 0 Å². The number of nitrogens with zero attached hydrogens (tertiary/aromatic N) is 2. The first-order chi connectivity index (χ1) is 33.7. The van der Waals surface area contributed by atoms with Crippen LogP contribution in [0.4, 0.5) is 17.1 Å². The summed E-state index contributed by atoms with van der Waals surface area (Å²) in [7, 11) is 0. The third kappa shape index (κ3) is 5.94. The molecule has 68 heavy (non-hydrogen) atoms. The van der Waals surface area contributed by atoms with Crippen molar-refractivity contribution in [2.45, 2.75) is 0 Å². The molecule has 14 rings (SSSR count). The maximum atomic E-state index is 7.09. The highest BCUT2D eigenvalue weighted by atomic mass is 16.3. The quantitative estimate of drug-likeness (QED) is 0.160. The van der Waals surface area contributed by atoms with Crippen LogP contribution < -0.4 is 4.90 Å². The number of hydrogen-bond donors (Lipinski definition) is 0. The Morgan fingerprint density at radius 3 is 1.72 bits per heavy atom. The zero-order valence-corrected chi connectivity index (χ0v) is 36.8. The summed E-state index contributed by atoms with van der Waals surface area (Å²) in [6, 6.07) is 86.9. The van der Waals surface area contributed by atoms with E-state index in [0.29, 0.717) is 0 Å². The average Bonchev–Trinajstić information content (AvgIpc) is 4.09. The molecule has 0 amide bonds. The molecule has 0 aliphatic rings. The normalized spacial score (nSPS) is 11.8. The van der Waals surface area contributed by atoms with Crippen LogP contribution in [0.15, 0.2) is 251 Å². The van der Waals surface area contributed by atoms with E-state index >= 15 is 0 Å². The summed E-state index contributed by atoms with van der Waals surface area (Å²) in [6.45, 7) is 0. The Balaban J connectivity index is 0.998. The van der Waals surface area contributed by atoms with Crippen LogP contribution in [-0.4, -0.2) is 4.57 Å². The number of furan rings is 2. The van der Waals surface area contributed by atoms with Gasteiger partial charge < -0.3 is 18.3 Å². The summed E-state index contributed by atoms with van der Waals surface area (Å²) in [5, 5.41) is 9.22. The number of anilines is 3. The second-order valence-corrected chi connectivity index (χ2v) is 17.6. The largest absolute Gasteiger partial charge is 0.456 e. The number of fused-ring (bicyclic) bond motifs is 10. The molecular weight excluding hydrogens is 829 g/mol. The smallest absolute Gasteiger partial charge is 0.145 e. The molecule has 3 aromatic heterocycles. The van der Waals surface area contributed by atoms with Crippen LogP contribution in [0.25, 0.3) is 116 Å². The van der Waals surface area contributed by atoms with E-state index in [0.717, 1.165) is 105 Å². The third-order valence-corrected chi connectivity index (χ3v) is 13.8. The second kappa shape index (κ2) is 15.2. The fraction of sp³-hybridized carbons (Fsp3) is 0. The first-order valence-electron chi connectivity index (χ1n) is 23.2. The van der Waals surface area contributed by atoms with Crippen molar-refractivity contribution < 1.29 is 8.83 Å². The van der Waals surface area contributed by atoms with Gasteiger partial charge in [-0.05, 0) is 112 Å². The number of benzene rings is 11. The lowest BCUT2D eigenvalue weighted by Crippen LogP contribution is -2.10. The molecule has 0 atom stereocenters. The monoisotopic (exact) mass is 868 g/mol. The van der Waals surface area contributed by atoms with Crippen LogP contribution in [0.2, 0.25) is 0 Å². The summed E-state index contributed by atoms with van der Waals surface area (Å²) in [4.78, 5) is 2.40. The molecule has 318 valence electrons. The Hall–Kier alpha value is -9.12. The van der Waals surface area contributed by atoms with E-state index in [1.165, 1.54) is 27.1 Å². The van der Waals surface area contributed by atoms with Gasteiger partial charge in [0, 0.05) is 49.4 Å². The molecule has 4 heteroatoms. The zero-order chi connectivity index (χ0) is 44.7. The van der Waals surface area contributed by atoms with E-state index in [9.17, 15) is 0 Å². The molecule has 3 heterocycles. The van der Waals surface area contributed by atoms with E-state index in [-0.39, 0.29) is 0 Å². The molecule has 0 unspecified atom stereocenters. The third-order valence-electron chi connectivity index (χ3n) is 13.8. The van der Waals surface area contributed by atoms with Gasteiger partial charge in [0.25, 0.3) is 0 Å². The molecule has 4 nitrogen and oxygen atoms in total. The van der Waals surface area contributed by atoms with E-state index in [2.05, 4.69) is 240 Å². The minimum absolute atomic E-state index is 0.834. The second-order valence-electron chi connectivity index (χ2n) is 17.6. The summed E-state index contributed by atoms with van der Waals surface area (Å²) < 4.78 is 15.9. The summed E-state index contributed by atoms with van der Waals surface area (Å²) in [5.74, 6) is 0. The topological polar surface area (TPSA) is 34.5 Å². The summed E-state index contributed by atoms with van der Waals surface area (Å²) >= 11 is 0. The minimum atomic E-state index is 0.834. The standard InChI is InChI=1S/C64H40N2O2/c1-2-16-43-39-44(32-31-41(43)15-1)42-33-35-46(36-34-42)65(47-18-13-17-45(40-47)48-24-14-30-61-62(48)53-22-6-11-28-59(53)67-61)58-38-37-52(64-63(58)54-23-7-12-29-60(54)68-64)51-21-5-10-27-57(51)66-55-25-8-3-19-49(55)50-20-4-9-26-56(50)66/h1-40H. The summed E-state index contributed by atoms with van der Waals surface area (Å²) in [5.41, 5.74) is 16.6. The van der Waals surface area contributed by atoms with E-state index in [4.69, 9.17) is 8.83 Å². The van der Waals surface area contributed by atoms with Gasteiger partial charge >= 0.3 is 0 Å². The predicted octanol–water partition coefficient (Wildman–Crippen LogP) is 18.2. The summed E-state index contributed by atoms with van der Waals surface area (Å²) in [6.07, 6.45) is 0. The van der Waals surface area contributed by atoms with Crippen molar-refractivity contribution in [3.63, 3.8) is 0 Å². The van der Waals surface area contributed by atoms with Gasteiger partial charge in [-0.2, -0.15) is 0 Å². The number of aromatic nitrogens is 1. The van der Waals surface area contributed by atoms with Crippen molar-refractivity contribution in [1.82, 2.24) is 4.57 Å². The van der Waals surface area contributed by atoms with Crippen molar-refractivity contribution in [2.24, 2.45) is 0 Å². The lowest BCUT2D eigenvalue weighted by atomic mass is 9.97. The van der Waals surface area contributed by atoms with Gasteiger partial charge in [0.05, 0.1) is 27.8 Å². The molecule has 11 aromatic carbocycles. The highest BCUT2D eigenvalue weighted by Crippen LogP contribution is 2.49. The van der Waals surface area contributed by atoms with E-state index in [1.807, 2.05) is 12.1 Å². The molecule has 0 aliphatic carbocycles. The minimum Gasteiger partial charge on any atom is -0.456 e. The SMILES string of the molecule is c1cc(-c2cccc3oc4ccccc4c23)cc(N(c2ccc(-c3ccc4ccccc4c3)cc2)c2ccc(-c3ccccc3-n3c4ccccc4c4ccccc43)c3oc4ccccc4c23)c1. The van der Waals surface area contributed by atoms with Gasteiger partial charge in [-0.25, -0.2) is 0 Å². The fourth-order valence-corrected chi connectivity index (χ4v) is 10.7. The molecule has 0 radical (unpaired) electrons. The molecule has 0 aliphatic heterocycles. The molecule has 0 saturated carbocycles. The number of para-hydroxylation sites is 5. The Kier molecular flexibility index (Phi) is 8.55. The Morgan fingerprint density at radius 2 is 0.926 bits per heavy atom. The van der Waals surface area contributed by atoms with Crippen LogP contribution >= 0.6 is 0 Å². The Morgan fingerprint density at radius 1 is 0.324 bits per heavy atom. The van der Waals surface area contributed by atoms with Crippen molar-refractivity contribution >= 4 is 93.5 Å². The average molecular weight is 869 g/mol. The lowest BCUT2D eigenvalue weighted by Gasteiger charge is -2.27. The molecule has 0 spiro atoms. The van der Waals surface area contributed by atoms with Gasteiger partial charge in [-0.15, -0.1) is 0 Å². The zero-order valence-electron chi connectivity index (χ0n) is 36.8. The number of rotatable bonds is 7. The molecular formula is C64H40N2O2. The lowest BCUT2D eigenvalue weighted by molar-refractivity contribution is 0.669. The Bertz CT molecular complexity index is 4230. The van der Waals surface area contributed by atoms with Crippen molar-refractivity contribution in [1.29, 1.82) is 0 Å². The van der Waals surface area contributed by atoms with Crippen molar-refractivity contribution in [3.8, 4) is 39.1 Å². The number of hydrogen-bond acceptors (Lipinski definition) is 3. The van der Waals surface area contributed by atoms with E-state index < -0.39 is 0 Å². The van der Waals surface area contributed by atoms with Crippen LogP contribution in [-0.2, 0) is 0 Å². The fourth-order valence-electron chi connectivity index (χ4n) is 10.7. The van der Waals surface area contributed by atoms with Gasteiger partial charge in [-0.1, -0.05) is 164 Å². The molecule has 0 fully saturated rings. The molecule has 14 aromatic rings. The maximum Gasteiger partial charge on any atom is 0.145 e. The van der Waals surface area contributed by atoms with Crippen molar-refractivity contribution in [2.75, 3.05) is 4.90 Å². The first kappa shape index (κ1) is 38.2. The first-order valence-corrected chi connectivity index (χ1v) is 23.2. The van der Waals surface area contributed by atoms with Gasteiger partial charge in [0.1, 0.15) is 22.3 Å². The molecule has 0 saturated heterocycles. The van der Waals surface area contributed by atoms with Crippen molar-refractivity contribution in [3.05, 3.63) is 243 Å². The predicted molar refractivity (Wildman–Crippen MR) is 284 cm³/mol. The van der Waals surface area contributed by atoms with Gasteiger partial charge in [-0.3, -0.25) is 0 Å². The maximum absolute atomic E-state index is 7.09. The van der Waals surface area contributed by atoms with Crippen LogP contribution in [0, 0.1) is 0 Å². The molecule has 0 N–H and O–H groups in total. The van der Waals surface area contributed by atoms with Gasteiger partial charge in [0.2, 0.25) is 0 Å². The molecule has 0 bridgehead atoms. The van der Waals surface area contributed by atoms with Crippen LogP contribution in [0.1, 0.15) is 0 Å². The van der Waals surface area contributed by atoms with Gasteiger partial charge in [0.15, 0.2) is 0 Å². The highest BCUT2D eigenvalue weighted by molar-refractivity contribution is 6.18. The highest BCUT2D eigenvalue weighted by Gasteiger charge is 2.25. The van der Waals surface area contributed by atoms with Crippen LogP contribution in [0.3, 0.4) is 0 Å². The van der Waals surface area contributed by atoms with Crippen LogP contribution in [0.5, 0.6) is 0 Å². The Labute approximate surface area is 391 Å².